The van der Waals surface area contributed by atoms with Gasteiger partial charge < -0.3 is 5.32 Å². The third-order valence-corrected chi connectivity index (χ3v) is 8.44. The lowest BCUT2D eigenvalue weighted by Crippen LogP contribution is -2.43. The topological polar surface area (TPSA) is 92.3 Å². The van der Waals surface area contributed by atoms with E-state index in [2.05, 4.69) is 10.0 Å². The molecule has 0 spiro atoms. The Morgan fingerprint density at radius 2 is 1.67 bits per heavy atom. The van der Waals surface area contributed by atoms with Gasteiger partial charge in [-0.15, -0.1) is 0 Å². The predicted octanol–water partition coefficient (Wildman–Crippen LogP) is 2.82. The number of hydrogen-bond donors (Lipinski definition) is 2. The van der Waals surface area contributed by atoms with Gasteiger partial charge in [-0.1, -0.05) is 36.4 Å². The van der Waals surface area contributed by atoms with Gasteiger partial charge in [-0.2, -0.15) is 0 Å². The lowest BCUT2D eigenvalue weighted by atomic mass is 10.1. The van der Waals surface area contributed by atoms with Crippen molar-refractivity contribution in [2.45, 2.75) is 42.5 Å². The predicted molar refractivity (Wildman–Crippen MR) is 120 cm³/mol. The number of sulfonamides is 1. The molecule has 0 aromatic heterocycles. The molecule has 162 valence electrons. The van der Waals surface area contributed by atoms with E-state index in [1.54, 1.807) is 55.5 Å². The Balaban J connectivity index is 1.80. The number of benzene rings is 2. The minimum atomic E-state index is -3.65. The standard InChI is InChI=1S/C22H28N2O4S2/c1-17-15-18(2)22(30(27,28)21-8-4-3-5-9-21)16-19(17)7-6-14-29(25,26)24-20-10-12-23-13-11-20/h3-9,15-16,20,23-24H,10-14H2,1-2H3. The first kappa shape index (κ1) is 22.7. The molecule has 0 amide bonds. The van der Waals surface area contributed by atoms with Crippen LogP contribution < -0.4 is 10.0 Å². The fourth-order valence-electron chi connectivity index (χ4n) is 3.59. The van der Waals surface area contributed by atoms with Crippen molar-refractivity contribution in [2.75, 3.05) is 18.8 Å². The molecule has 8 heteroatoms. The van der Waals surface area contributed by atoms with Crippen molar-refractivity contribution in [3.63, 3.8) is 0 Å². The summed E-state index contributed by atoms with van der Waals surface area (Å²) in [5.41, 5.74) is 2.24. The molecular formula is C22H28N2O4S2. The Labute approximate surface area is 179 Å². The quantitative estimate of drug-likeness (QED) is 0.680. The zero-order chi connectivity index (χ0) is 21.8. The molecule has 1 aliphatic rings. The molecule has 1 fully saturated rings. The first-order valence-electron chi connectivity index (χ1n) is 9.98. The van der Waals surface area contributed by atoms with E-state index < -0.39 is 19.9 Å². The Bertz CT molecular complexity index is 1120. The zero-order valence-corrected chi connectivity index (χ0v) is 18.9. The maximum Gasteiger partial charge on any atom is 0.215 e. The Morgan fingerprint density at radius 3 is 2.33 bits per heavy atom. The van der Waals surface area contributed by atoms with Crippen LogP contribution >= 0.6 is 0 Å². The monoisotopic (exact) mass is 448 g/mol. The second-order valence-corrected chi connectivity index (χ2v) is 11.3. The van der Waals surface area contributed by atoms with Crippen LogP contribution in [0.25, 0.3) is 6.08 Å². The summed E-state index contributed by atoms with van der Waals surface area (Å²) in [6.07, 6.45) is 4.81. The highest BCUT2D eigenvalue weighted by Gasteiger charge is 2.21. The minimum Gasteiger partial charge on any atom is -0.317 e. The number of aryl methyl sites for hydroxylation is 2. The van der Waals surface area contributed by atoms with E-state index in [4.69, 9.17) is 0 Å². The van der Waals surface area contributed by atoms with E-state index in [1.165, 1.54) is 0 Å². The van der Waals surface area contributed by atoms with Gasteiger partial charge in [-0.25, -0.2) is 21.6 Å². The largest absolute Gasteiger partial charge is 0.317 e. The van der Waals surface area contributed by atoms with Crippen LogP contribution in [0.3, 0.4) is 0 Å². The van der Waals surface area contributed by atoms with Crippen molar-refractivity contribution in [3.05, 3.63) is 65.2 Å². The summed E-state index contributed by atoms with van der Waals surface area (Å²) in [5.74, 6) is -0.148. The van der Waals surface area contributed by atoms with Crippen molar-refractivity contribution >= 4 is 25.9 Å². The molecule has 2 aromatic carbocycles. The number of hydrogen-bond acceptors (Lipinski definition) is 5. The Hall–Kier alpha value is -2.00. The van der Waals surface area contributed by atoms with Crippen molar-refractivity contribution in [3.8, 4) is 0 Å². The van der Waals surface area contributed by atoms with Crippen LogP contribution in [0.4, 0.5) is 0 Å². The first-order valence-corrected chi connectivity index (χ1v) is 13.1. The third kappa shape index (κ3) is 5.57. The second-order valence-electron chi connectivity index (χ2n) is 7.62. The number of sulfone groups is 1. The fraction of sp³-hybridized carbons (Fsp3) is 0.364. The highest BCUT2D eigenvalue weighted by Crippen LogP contribution is 2.27. The maximum atomic E-state index is 13.0. The molecule has 0 atom stereocenters. The highest BCUT2D eigenvalue weighted by molar-refractivity contribution is 7.91. The molecule has 0 unspecified atom stereocenters. The number of rotatable bonds is 7. The summed E-state index contributed by atoms with van der Waals surface area (Å²) >= 11 is 0. The fourth-order valence-corrected chi connectivity index (χ4v) is 6.31. The van der Waals surface area contributed by atoms with Gasteiger partial charge in [-0.05, 0) is 74.7 Å². The smallest absolute Gasteiger partial charge is 0.215 e. The van der Waals surface area contributed by atoms with Crippen molar-refractivity contribution in [2.24, 2.45) is 0 Å². The molecule has 0 radical (unpaired) electrons. The lowest BCUT2D eigenvalue weighted by molar-refractivity contribution is 0.427. The molecule has 0 saturated carbocycles. The van der Waals surface area contributed by atoms with Crippen LogP contribution in [0.1, 0.15) is 29.5 Å². The summed E-state index contributed by atoms with van der Waals surface area (Å²) in [4.78, 5) is 0.468. The molecule has 1 aliphatic heterocycles. The molecule has 0 bridgehead atoms. The van der Waals surface area contributed by atoms with Crippen molar-refractivity contribution < 1.29 is 16.8 Å². The first-order chi connectivity index (χ1) is 14.2. The van der Waals surface area contributed by atoms with E-state index in [-0.39, 0.29) is 21.6 Å². The van der Waals surface area contributed by atoms with E-state index in [1.807, 2.05) is 13.0 Å². The Morgan fingerprint density at radius 1 is 1.00 bits per heavy atom. The molecule has 0 aliphatic carbocycles. The molecule has 1 saturated heterocycles. The van der Waals surface area contributed by atoms with E-state index in [0.717, 1.165) is 31.5 Å². The third-order valence-electron chi connectivity index (χ3n) is 5.21. The number of piperidine rings is 1. The summed E-state index contributed by atoms with van der Waals surface area (Å²) in [5, 5.41) is 3.21. The van der Waals surface area contributed by atoms with Crippen molar-refractivity contribution in [1.29, 1.82) is 0 Å². The molecule has 2 aromatic rings. The minimum absolute atomic E-state index is 0.0339. The summed E-state index contributed by atoms with van der Waals surface area (Å²) in [6, 6.07) is 11.7. The average molecular weight is 449 g/mol. The molecule has 1 heterocycles. The zero-order valence-electron chi connectivity index (χ0n) is 17.3. The molecule has 2 N–H and O–H groups in total. The van der Waals surface area contributed by atoms with E-state index >= 15 is 0 Å². The van der Waals surface area contributed by atoms with Crippen LogP contribution in [-0.2, 0) is 19.9 Å². The van der Waals surface area contributed by atoms with Gasteiger partial charge in [0.1, 0.15) is 0 Å². The van der Waals surface area contributed by atoms with Gasteiger partial charge in [0.15, 0.2) is 0 Å². The van der Waals surface area contributed by atoms with Gasteiger partial charge in [0.2, 0.25) is 19.9 Å². The van der Waals surface area contributed by atoms with Gasteiger partial charge in [0.05, 0.1) is 15.5 Å². The summed E-state index contributed by atoms with van der Waals surface area (Å²) in [7, 11) is -7.09. The van der Waals surface area contributed by atoms with Crippen LogP contribution in [0.5, 0.6) is 0 Å². The van der Waals surface area contributed by atoms with Crippen molar-refractivity contribution in [1.82, 2.24) is 10.0 Å². The summed E-state index contributed by atoms with van der Waals surface area (Å²) < 4.78 is 53.5. The molecule has 3 rings (SSSR count). The van der Waals surface area contributed by atoms with Crippen LogP contribution in [0.15, 0.2) is 58.3 Å². The van der Waals surface area contributed by atoms with Crippen LogP contribution in [-0.4, -0.2) is 41.7 Å². The SMILES string of the molecule is Cc1cc(C)c(S(=O)(=O)c2ccccc2)cc1C=CCS(=O)(=O)NC1CCNCC1. The van der Waals surface area contributed by atoms with Gasteiger partial charge >= 0.3 is 0 Å². The highest BCUT2D eigenvalue weighted by atomic mass is 32.2. The lowest BCUT2D eigenvalue weighted by Gasteiger charge is -2.23. The van der Waals surface area contributed by atoms with E-state index in [9.17, 15) is 16.8 Å². The second kappa shape index (κ2) is 9.43. The van der Waals surface area contributed by atoms with Crippen LogP contribution in [0.2, 0.25) is 0 Å². The van der Waals surface area contributed by atoms with Gasteiger partial charge in [0.25, 0.3) is 0 Å². The number of nitrogens with one attached hydrogen (secondary N) is 2. The average Bonchev–Trinajstić information content (AvgIpc) is 2.70. The van der Waals surface area contributed by atoms with Gasteiger partial charge in [-0.3, -0.25) is 0 Å². The van der Waals surface area contributed by atoms with E-state index in [0.29, 0.717) is 11.1 Å². The normalized spacial score (nSPS) is 16.2. The molecular weight excluding hydrogens is 420 g/mol. The van der Waals surface area contributed by atoms with Gasteiger partial charge in [0, 0.05) is 6.04 Å². The summed E-state index contributed by atoms with van der Waals surface area (Å²) in [6.45, 7) is 5.27. The molecule has 6 nitrogen and oxygen atoms in total. The Kier molecular flexibility index (Phi) is 7.13. The maximum absolute atomic E-state index is 13.0. The van der Waals surface area contributed by atoms with Crippen LogP contribution in [0, 0.1) is 13.8 Å². The molecule has 30 heavy (non-hydrogen) atoms.